The second-order valence-electron chi connectivity index (χ2n) is 6.12. The molecule has 0 fully saturated rings. The number of benzene rings is 3. The van der Waals surface area contributed by atoms with E-state index in [9.17, 15) is 8.42 Å². The van der Waals surface area contributed by atoms with Crippen LogP contribution in [-0.4, -0.2) is 8.42 Å². The summed E-state index contributed by atoms with van der Waals surface area (Å²) in [6.07, 6.45) is 0. The van der Waals surface area contributed by atoms with Gasteiger partial charge in [0.05, 0.1) is 5.69 Å². The highest BCUT2D eigenvalue weighted by molar-refractivity contribution is 7.98. The highest BCUT2D eigenvalue weighted by Gasteiger charge is 2.21. The van der Waals surface area contributed by atoms with E-state index in [2.05, 4.69) is 4.72 Å². The van der Waals surface area contributed by atoms with Crippen LogP contribution < -0.4 is 4.72 Å². The fraction of sp³-hybridized carbons (Fsp3) is 0.0909. The molecule has 0 aliphatic rings. The first-order valence-corrected chi connectivity index (χ1v) is 11.3. The van der Waals surface area contributed by atoms with Crippen LogP contribution in [0.15, 0.2) is 93.3 Å². The smallest absolute Gasteiger partial charge is 0.295 e. The van der Waals surface area contributed by atoms with E-state index in [1.807, 2.05) is 42.5 Å². The lowest BCUT2D eigenvalue weighted by Gasteiger charge is -2.12. The molecule has 0 aliphatic carbocycles. The molecule has 0 spiro atoms. The summed E-state index contributed by atoms with van der Waals surface area (Å²) in [5.74, 6) is 0.710. The molecule has 29 heavy (non-hydrogen) atoms. The van der Waals surface area contributed by atoms with E-state index in [0.717, 1.165) is 15.8 Å². The molecule has 1 heterocycles. The lowest BCUT2D eigenvalue weighted by molar-refractivity contribution is 0.484. The van der Waals surface area contributed by atoms with Crippen LogP contribution in [0, 0.1) is 0 Å². The summed E-state index contributed by atoms with van der Waals surface area (Å²) >= 11 is 7.64. The molecule has 4 nitrogen and oxygen atoms in total. The molecule has 0 bridgehead atoms. The first-order chi connectivity index (χ1) is 13.5. The predicted molar refractivity (Wildman–Crippen MR) is 121 cm³/mol. The van der Waals surface area contributed by atoms with Crippen molar-refractivity contribution in [3.8, 4) is 0 Å². The number of hydrogen-bond acceptors (Lipinski definition) is 4. The molecular formula is C22H20ClNO3S2. The molecule has 3 aromatic carbocycles. The number of anilines is 1. The maximum Gasteiger partial charge on any atom is 0.295 e. The van der Waals surface area contributed by atoms with Crippen LogP contribution >= 0.6 is 23.4 Å². The van der Waals surface area contributed by atoms with Crippen molar-refractivity contribution in [3.63, 3.8) is 0 Å². The Kier molecular flexibility index (Phi) is 6.57. The Hall–Kier alpha value is -2.41. The molecule has 0 saturated carbocycles. The number of para-hydroxylation sites is 1. The van der Waals surface area contributed by atoms with Crippen molar-refractivity contribution in [2.24, 2.45) is 0 Å². The van der Waals surface area contributed by atoms with E-state index in [-0.39, 0.29) is 12.5 Å². The van der Waals surface area contributed by atoms with Crippen LogP contribution in [0.3, 0.4) is 0 Å². The van der Waals surface area contributed by atoms with Crippen molar-refractivity contribution < 1.29 is 12.8 Å². The second-order valence-corrected chi connectivity index (χ2v) is 9.19. The third-order valence-corrected chi connectivity index (χ3v) is 6.69. The molecule has 150 valence electrons. The molecule has 4 rings (SSSR count). The fourth-order valence-electron chi connectivity index (χ4n) is 2.73. The number of nitrogens with one attached hydrogen (secondary N) is 1. The number of hydrogen-bond donors (Lipinski definition) is 1. The quantitative estimate of drug-likeness (QED) is 0.331. The van der Waals surface area contributed by atoms with Gasteiger partial charge >= 0.3 is 0 Å². The van der Waals surface area contributed by atoms with Gasteiger partial charge in [-0.15, -0.1) is 11.8 Å². The summed E-state index contributed by atoms with van der Waals surface area (Å²) in [6, 6.07) is 23.8. The average molecular weight is 446 g/mol. The largest absolute Gasteiger partial charge is 0.443 e. The molecule has 1 N–H and O–H groups in total. The molecule has 0 saturated heterocycles. The summed E-state index contributed by atoms with van der Waals surface area (Å²) in [6.45, 7) is 0. The maximum atomic E-state index is 12.9. The molecule has 0 atom stereocenters. The summed E-state index contributed by atoms with van der Waals surface area (Å²) in [5.41, 5.74) is 2.09. The Bertz CT molecular complexity index is 1190. The van der Waals surface area contributed by atoms with E-state index in [0.29, 0.717) is 22.0 Å². The Morgan fingerprint density at radius 3 is 2.41 bits per heavy atom. The zero-order valence-corrected chi connectivity index (χ0v) is 17.0. The normalized spacial score (nSPS) is 11.2. The number of rotatable bonds is 6. The fourth-order valence-corrected chi connectivity index (χ4v) is 4.95. The molecule has 4 aromatic rings. The van der Waals surface area contributed by atoms with E-state index in [1.165, 1.54) is 17.8 Å². The Morgan fingerprint density at radius 2 is 1.66 bits per heavy atom. The highest BCUT2D eigenvalue weighted by Crippen LogP contribution is 2.34. The lowest BCUT2D eigenvalue weighted by atomic mass is 10.2. The van der Waals surface area contributed by atoms with Crippen molar-refractivity contribution >= 4 is 50.0 Å². The molecule has 1 aromatic heterocycles. The zero-order valence-electron chi connectivity index (χ0n) is 14.6. The summed E-state index contributed by atoms with van der Waals surface area (Å²) in [4.78, 5) is 0.785. The minimum Gasteiger partial charge on any atom is -0.443 e. The van der Waals surface area contributed by atoms with Crippen molar-refractivity contribution in [2.75, 3.05) is 4.72 Å². The van der Waals surface area contributed by atoms with E-state index in [1.54, 1.807) is 30.3 Å². The van der Waals surface area contributed by atoms with Gasteiger partial charge in [-0.3, -0.25) is 4.72 Å². The highest BCUT2D eigenvalue weighted by atomic mass is 35.5. The van der Waals surface area contributed by atoms with Crippen molar-refractivity contribution in [1.82, 2.24) is 0 Å². The first-order valence-electron chi connectivity index (χ1n) is 8.49. The van der Waals surface area contributed by atoms with E-state index < -0.39 is 10.0 Å². The number of sulfonamides is 1. The SMILES string of the molecule is C.O=S(=O)(Nc1cc(Cl)ccc1SCc1ccccc1)c1cc2ccccc2o1. The van der Waals surface area contributed by atoms with Crippen molar-refractivity contribution in [1.29, 1.82) is 0 Å². The van der Waals surface area contributed by atoms with Gasteiger partial charge in [-0.2, -0.15) is 8.42 Å². The number of fused-ring (bicyclic) bond motifs is 1. The molecule has 0 amide bonds. The molecule has 0 aliphatic heterocycles. The van der Waals surface area contributed by atoms with Crippen LogP contribution in [0.5, 0.6) is 0 Å². The predicted octanol–water partition coefficient (Wildman–Crippen LogP) is 6.82. The molecule has 0 unspecified atom stereocenters. The van der Waals surface area contributed by atoms with Crippen LogP contribution in [0.4, 0.5) is 5.69 Å². The first kappa shape index (κ1) is 21.3. The van der Waals surface area contributed by atoms with Gasteiger partial charge in [-0.1, -0.05) is 67.6 Å². The van der Waals surface area contributed by atoms with Crippen LogP contribution in [0.1, 0.15) is 13.0 Å². The summed E-state index contributed by atoms with van der Waals surface area (Å²) < 4.78 is 33.8. The van der Waals surface area contributed by atoms with Gasteiger partial charge in [0, 0.05) is 27.1 Å². The van der Waals surface area contributed by atoms with Gasteiger partial charge in [-0.25, -0.2) is 0 Å². The zero-order chi connectivity index (χ0) is 19.6. The monoisotopic (exact) mass is 445 g/mol. The topological polar surface area (TPSA) is 59.3 Å². The average Bonchev–Trinajstić information content (AvgIpc) is 3.13. The Labute approximate surface area is 179 Å². The van der Waals surface area contributed by atoms with Gasteiger partial charge in [0.25, 0.3) is 10.0 Å². The van der Waals surface area contributed by atoms with Gasteiger partial charge in [-0.05, 0) is 29.8 Å². The number of halogens is 1. The van der Waals surface area contributed by atoms with E-state index >= 15 is 0 Å². The van der Waals surface area contributed by atoms with Gasteiger partial charge < -0.3 is 4.42 Å². The molecule has 0 radical (unpaired) electrons. The van der Waals surface area contributed by atoms with Crippen LogP contribution in [0.2, 0.25) is 5.02 Å². The molecule has 7 heteroatoms. The number of furan rings is 1. The second kappa shape index (κ2) is 8.95. The lowest BCUT2D eigenvalue weighted by Crippen LogP contribution is -2.12. The Balaban J connectivity index is 0.00000240. The third-order valence-electron chi connectivity index (χ3n) is 4.09. The minimum atomic E-state index is -3.89. The Morgan fingerprint density at radius 1 is 0.931 bits per heavy atom. The summed E-state index contributed by atoms with van der Waals surface area (Å²) in [5, 5.41) is 1.05. The summed E-state index contributed by atoms with van der Waals surface area (Å²) in [7, 11) is -3.89. The van der Waals surface area contributed by atoms with E-state index in [4.69, 9.17) is 16.0 Å². The van der Waals surface area contributed by atoms with Crippen LogP contribution in [-0.2, 0) is 15.8 Å². The third kappa shape index (κ3) is 4.96. The standard InChI is InChI=1S/C21H16ClNO3S2.CH4/c22-17-10-11-20(27-14-15-6-2-1-3-7-15)18(13-17)23-28(24,25)21-12-16-8-4-5-9-19(16)26-21;/h1-13,23H,14H2;1H4. The van der Waals surface area contributed by atoms with Gasteiger partial charge in [0.1, 0.15) is 5.58 Å². The van der Waals surface area contributed by atoms with Crippen molar-refractivity contribution in [3.05, 3.63) is 89.4 Å². The van der Waals surface area contributed by atoms with Gasteiger partial charge in [0.2, 0.25) is 5.09 Å². The van der Waals surface area contributed by atoms with Crippen LogP contribution in [0.25, 0.3) is 11.0 Å². The maximum absolute atomic E-state index is 12.9. The van der Waals surface area contributed by atoms with Crippen molar-refractivity contribution in [2.45, 2.75) is 23.2 Å². The number of thioether (sulfide) groups is 1. The minimum absolute atomic E-state index is 0. The molecular weight excluding hydrogens is 426 g/mol. The van der Waals surface area contributed by atoms with Gasteiger partial charge in [0.15, 0.2) is 0 Å².